The summed E-state index contributed by atoms with van der Waals surface area (Å²) in [6.07, 6.45) is 0.681. The zero-order valence-electron chi connectivity index (χ0n) is 22.1. The van der Waals surface area contributed by atoms with Crippen LogP contribution in [-0.2, 0) is 26.2 Å². The highest BCUT2D eigenvalue weighted by Crippen LogP contribution is 2.33. The lowest BCUT2D eigenvalue weighted by atomic mass is 10.1. The van der Waals surface area contributed by atoms with Crippen LogP contribution in [0.5, 0.6) is 0 Å². The summed E-state index contributed by atoms with van der Waals surface area (Å²) >= 11 is 25.3. The SMILES string of the molecule is CC[C@@H](C)NC(=O)[C@@H](C)N(Cc1c(Cl)cccc1Cl)C(=O)CN(c1ccc(Cl)cc1Cl)S(=O)(=O)c1ccccc1. The van der Waals surface area contributed by atoms with Gasteiger partial charge in [-0.3, -0.25) is 13.9 Å². The number of carbonyl (C=O) groups is 2. The minimum absolute atomic E-state index is 0.0306. The second kappa shape index (κ2) is 13.9. The van der Waals surface area contributed by atoms with E-state index in [-0.39, 0.29) is 28.2 Å². The molecule has 40 heavy (non-hydrogen) atoms. The van der Waals surface area contributed by atoms with Crippen LogP contribution in [0.15, 0.2) is 71.6 Å². The van der Waals surface area contributed by atoms with Gasteiger partial charge in [0.1, 0.15) is 12.6 Å². The third-order valence-corrected chi connectivity index (χ3v) is 9.37. The van der Waals surface area contributed by atoms with Crippen molar-refractivity contribution in [3.8, 4) is 0 Å². The first-order chi connectivity index (χ1) is 18.9. The Morgan fingerprint density at radius 2 is 1.50 bits per heavy atom. The second-order valence-corrected chi connectivity index (χ2v) is 12.7. The van der Waals surface area contributed by atoms with Crippen molar-refractivity contribution >= 4 is 73.9 Å². The number of anilines is 1. The molecule has 0 radical (unpaired) electrons. The fraction of sp³-hybridized carbons (Fsp3) is 0.286. The van der Waals surface area contributed by atoms with E-state index in [4.69, 9.17) is 46.4 Å². The van der Waals surface area contributed by atoms with Gasteiger partial charge in [-0.25, -0.2) is 8.42 Å². The number of nitrogens with one attached hydrogen (secondary N) is 1. The van der Waals surface area contributed by atoms with Crippen molar-refractivity contribution in [2.45, 2.75) is 50.7 Å². The van der Waals surface area contributed by atoms with Gasteiger partial charge in [0.15, 0.2) is 0 Å². The van der Waals surface area contributed by atoms with E-state index in [2.05, 4.69) is 5.32 Å². The first kappa shape index (κ1) is 32.0. The molecule has 3 aromatic carbocycles. The molecule has 2 amide bonds. The van der Waals surface area contributed by atoms with E-state index in [0.29, 0.717) is 27.1 Å². The molecule has 3 aromatic rings. The maximum absolute atomic E-state index is 14.0. The van der Waals surface area contributed by atoms with Gasteiger partial charge in [0.05, 0.1) is 15.6 Å². The highest BCUT2D eigenvalue weighted by atomic mass is 35.5. The van der Waals surface area contributed by atoms with Gasteiger partial charge in [0.2, 0.25) is 11.8 Å². The van der Waals surface area contributed by atoms with Crippen LogP contribution in [0.4, 0.5) is 5.69 Å². The summed E-state index contributed by atoms with van der Waals surface area (Å²) in [6.45, 7) is 4.52. The van der Waals surface area contributed by atoms with Gasteiger partial charge in [-0.1, -0.05) is 77.6 Å². The molecule has 1 N–H and O–H groups in total. The average molecular weight is 645 g/mol. The molecule has 0 aliphatic carbocycles. The quantitative estimate of drug-likeness (QED) is 0.248. The van der Waals surface area contributed by atoms with Crippen molar-refractivity contribution < 1.29 is 18.0 Å². The van der Waals surface area contributed by atoms with Crippen molar-refractivity contribution in [2.24, 2.45) is 0 Å². The monoisotopic (exact) mass is 643 g/mol. The predicted octanol–water partition coefficient (Wildman–Crippen LogP) is 6.83. The number of nitrogens with zero attached hydrogens (tertiary/aromatic N) is 2. The molecule has 0 aliphatic heterocycles. The molecule has 0 saturated carbocycles. The predicted molar refractivity (Wildman–Crippen MR) is 162 cm³/mol. The molecule has 0 fully saturated rings. The van der Waals surface area contributed by atoms with Crippen molar-refractivity contribution in [3.05, 3.63) is 92.4 Å². The van der Waals surface area contributed by atoms with Crippen LogP contribution >= 0.6 is 46.4 Å². The highest BCUT2D eigenvalue weighted by molar-refractivity contribution is 7.92. The van der Waals surface area contributed by atoms with E-state index >= 15 is 0 Å². The molecule has 0 saturated heterocycles. The van der Waals surface area contributed by atoms with Gasteiger partial charge in [-0.15, -0.1) is 0 Å². The molecule has 0 aromatic heterocycles. The summed E-state index contributed by atoms with van der Waals surface area (Å²) in [5, 5.41) is 3.79. The number of carbonyl (C=O) groups excluding carboxylic acids is 2. The molecular weight excluding hydrogens is 616 g/mol. The Bertz CT molecular complexity index is 1450. The van der Waals surface area contributed by atoms with Crippen LogP contribution in [0, 0.1) is 0 Å². The summed E-state index contributed by atoms with van der Waals surface area (Å²) < 4.78 is 28.6. The number of hydrogen-bond donors (Lipinski definition) is 1. The first-order valence-corrected chi connectivity index (χ1v) is 15.4. The topological polar surface area (TPSA) is 86.8 Å². The Morgan fingerprint density at radius 1 is 0.875 bits per heavy atom. The minimum atomic E-state index is -4.27. The average Bonchev–Trinajstić information content (AvgIpc) is 2.91. The van der Waals surface area contributed by atoms with Gasteiger partial charge in [-0.2, -0.15) is 0 Å². The van der Waals surface area contributed by atoms with Crippen LogP contribution in [0.3, 0.4) is 0 Å². The molecule has 214 valence electrons. The second-order valence-electron chi connectivity index (χ2n) is 9.14. The fourth-order valence-corrected chi connectivity index (χ4v) is 6.35. The van der Waals surface area contributed by atoms with Crippen molar-refractivity contribution in [2.75, 3.05) is 10.8 Å². The van der Waals surface area contributed by atoms with Crippen LogP contribution in [0.1, 0.15) is 32.8 Å². The van der Waals surface area contributed by atoms with Crippen molar-refractivity contribution in [1.82, 2.24) is 10.2 Å². The van der Waals surface area contributed by atoms with Crippen molar-refractivity contribution in [3.63, 3.8) is 0 Å². The lowest BCUT2D eigenvalue weighted by molar-refractivity contribution is -0.139. The van der Waals surface area contributed by atoms with Gasteiger partial charge >= 0.3 is 0 Å². The molecule has 0 bridgehead atoms. The number of rotatable bonds is 11. The van der Waals surface area contributed by atoms with Gasteiger partial charge < -0.3 is 10.2 Å². The Labute approximate surface area is 255 Å². The van der Waals surface area contributed by atoms with Crippen LogP contribution in [0.2, 0.25) is 20.1 Å². The summed E-state index contributed by atoms with van der Waals surface area (Å²) in [6, 6.07) is 15.7. The number of amides is 2. The van der Waals surface area contributed by atoms with Crippen LogP contribution < -0.4 is 9.62 Å². The first-order valence-electron chi connectivity index (χ1n) is 12.4. The lowest BCUT2D eigenvalue weighted by Crippen LogP contribution is -2.52. The lowest BCUT2D eigenvalue weighted by Gasteiger charge is -2.33. The van der Waals surface area contributed by atoms with E-state index in [1.165, 1.54) is 35.2 Å². The van der Waals surface area contributed by atoms with Gasteiger partial charge in [-0.05, 0) is 62.7 Å². The Morgan fingerprint density at radius 3 is 2.08 bits per heavy atom. The molecular formula is C28H29Cl4N3O4S. The molecule has 2 atom stereocenters. The molecule has 7 nitrogen and oxygen atoms in total. The third kappa shape index (κ3) is 7.62. The normalized spacial score (nSPS) is 12.9. The van der Waals surface area contributed by atoms with Gasteiger partial charge in [0, 0.05) is 33.2 Å². The number of sulfonamides is 1. The largest absolute Gasteiger partial charge is 0.352 e. The zero-order chi connectivity index (χ0) is 29.6. The maximum Gasteiger partial charge on any atom is 0.264 e. The number of halogens is 4. The summed E-state index contributed by atoms with van der Waals surface area (Å²) in [4.78, 5) is 28.3. The molecule has 3 rings (SSSR count). The smallest absolute Gasteiger partial charge is 0.264 e. The van der Waals surface area contributed by atoms with Crippen LogP contribution in [-0.4, -0.2) is 43.8 Å². The molecule has 0 heterocycles. The standard InChI is InChI=1S/C28H29Cl4N3O4S/c1-4-18(2)33-28(37)19(3)34(16-22-23(30)11-8-12-24(22)31)27(36)17-35(26-14-13-20(29)15-25(26)32)40(38,39)21-9-6-5-7-10-21/h5-15,18-19H,4,16-17H2,1-3H3,(H,33,37)/t18-,19-/m1/s1. The van der Waals surface area contributed by atoms with Crippen molar-refractivity contribution in [1.29, 1.82) is 0 Å². The van der Waals surface area contributed by atoms with E-state index in [9.17, 15) is 18.0 Å². The molecule has 0 spiro atoms. The van der Waals surface area contributed by atoms with Crippen LogP contribution in [0.25, 0.3) is 0 Å². The fourth-order valence-electron chi connectivity index (χ4n) is 3.82. The molecule has 0 unspecified atom stereocenters. The number of hydrogen-bond acceptors (Lipinski definition) is 4. The number of benzene rings is 3. The summed E-state index contributed by atoms with van der Waals surface area (Å²) in [5.74, 6) is -1.08. The Hall–Kier alpha value is -2.49. The summed E-state index contributed by atoms with van der Waals surface area (Å²) in [5.41, 5.74) is 0.472. The third-order valence-electron chi connectivity index (χ3n) is 6.35. The summed E-state index contributed by atoms with van der Waals surface area (Å²) in [7, 11) is -4.27. The van der Waals surface area contributed by atoms with Gasteiger partial charge in [0.25, 0.3) is 10.0 Å². The Kier molecular flexibility index (Phi) is 11.1. The maximum atomic E-state index is 14.0. The molecule has 12 heteroatoms. The minimum Gasteiger partial charge on any atom is -0.352 e. The zero-order valence-corrected chi connectivity index (χ0v) is 25.9. The van der Waals surface area contributed by atoms with E-state index in [1.54, 1.807) is 43.3 Å². The van der Waals surface area contributed by atoms with E-state index in [0.717, 1.165) is 4.31 Å². The Balaban J connectivity index is 2.09. The highest BCUT2D eigenvalue weighted by Gasteiger charge is 2.34. The molecule has 0 aliphatic rings. The van der Waals surface area contributed by atoms with E-state index < -0.39 is 34.4 Å². The van der Waals surface area contributed by atoms with E-state index in [1.807, 2.05) is 13.8 Å².